The van der Waals surface area contributed by atoms with E-state index in [4.69, 9.17) is 4.98 Å². The van der Waals surface area contributed by atoms with Gasteiger partial charge in [-0.3, -0.25) is 9.59 Å². The molecule has 2 N–H and O–H groups in total. The molecule has 1 aliphatic rings. The average Bonchev–Trinajstić information content (AvgIpc) is 3.24. The molecular weight excluding hydrogens is 372 g/mol. The topological polar surface area (TPSA) is 83.5 Å². The smallest absolute Gasteiger partial charge is 0.267 e. The summed E-state index contributed by atoms with van der Waals surface area (Å²) in [5.74, 6) is -0.423. The fraction of sp³-hybridized carbons (Fsp3) is 0.143. The van der Waals surface area contributed by atoms with Gasteiger partial charge in [-0.1, -0.05) is 48.5 Å². The maximum absolute atomic E-state index is 12.2. The highest BCUT2D eigenvalue weighted by atomic mass is 32.1. The molecule has 6 nitrogen and oxygen atoms in total. The van der Waals surface area contributed by atoms with Gasteiger partial charge in [0.25, 0.3) is 5.91 Å². The molecule has 0 atom stereocenters. The van der Waals surface area contributed by atoms with Gasteiger partial charge < -0.3 is 5.32 Å². The van der Waals surface area contributed by atoms with Gasteiger partial charge in [0.1, 0.15) is 10.7 Å². The summed E-state index contributed by atoms with van der Waals surface area (Å²) in [6.07, 6.45) is 0.647. The Morgan fingerprint density at radius 2 is 1.89 bits per heavy atom. The molecular formula is C21H18N4O2S. The van der Waals surface area contributed by atoms with Gasteiger partial charge in [-0.15, -0.1) is 11.3 Å². The number of benzene rings is 2. The molecule has 28 heavy (non-hydrogen) atoms. The average molecular weight is 390 g/mol. The first-order valence-corrected chi connectivity index (χ1v) is 9.81. The zero-order valence-corrected chi connectivity index (χ0v) is 15.8. The number of nitrogens with zero attached hydrogens (tertiary/aromatic N) is 2. The number of hydrogen-bond acceptors (Lipinski definition) is 5. The van der Waals surface area contributed by atoms with Gasteiger partial charge in [0.15, 0.2) is 0 Å². The largest absolute Gasteiger partial charge is 0.347 e. The van der Waals surface area contributed by atoms with E-state index in [0.717, 1.165) is 27.4 Å². The molecule has 0 fully saturated rings. The number of amides is 2. The number of hydrazone groups is 1. The lowest BCUT2D eigenvalue weighted by atomic mass is 10.1. The van der Waals surface area contributed by atoms with Gasteiger partial charge >= 0.3 is 0 Å². The Labute approximate surface area is 166 Å². The van der Waals surface area contributed by atoms with Crippen molar-refractivity contribution >= 4 is 28.9 Å². The molecule has 0 saturated heterocycles. The van der Waals surface area contributed by atoms with Crippen LogP contribution in [0.1, 0.15) is 18.4 Å². The van der Waals surface area contributed by atoms with Crippen molar-refractivity contribution in [1.29, 1.82) is 0 Å². The number of hydrogen-bond donors (Lipinski definition) is 2. The lowest BCUT2D eigenvalue weighted by Gasteiger charge is -2.12. The van der Waals surface area contributed by atoms with Crippen molar-refractivity contribution in [1.82, 2.24) is 15.7 Å². The molecule has 4 rings (SSSR count). The third-order valence-corrected chi connectivity index (χ3v) is 5.26. The summed E-state index contributed by atoms with van der Waals surface area (Å²) in [7, 11) is 0. The predicted octanol–water partition coefficient (Wildman–Crippen LogP) is 3.36. The highest BCUT2D eigenvalue weighted by Gasteiger charge is 2.18. The van der Waals surface area contributed by atoms with Gasteiger partial charge in [-0.05, 0) is 11.6 Å². The quantitative estimate of drug-likeness (QED) is 0.701. The molecule has 2 amide bonds. The van der Waals surface area contributed by atoms with E-state index in [2.05, 4.69) is 21.2 Å². The van der Waals surface area contributed by atoms with E-state index in [1.165, 1.54) is 0 Å². The van der Waals surface area contributed by atoms with E-state index >= 15 is 0 Å². The lowest BCUT2D eigenvalue weighted by Crippen LogP contribution is -2.36. The Kier molecular flexibility index (Phi) is 5.25. The number of carbonyl (C=O) groups excluding carboxylic acids is 2. The third-order valence-electron chi connectivity index (χ3n) is 4.37. The summed E-state index contributed by atoms with van der Waals surface area (Å²) in [5.41, 5.74) is 6.73. The Bertz CT molecular complexity index is 1040. The number of rotatable bonds is 5. The van der Waals surface area contributed by atoms with Crippen molar-refractivity contribution in [3.8, 4) is 21.8 Å². The standard InChI is InChI=1S/C21H18N4O2S/c26-19-10-9-17(24-25-19)20(27)22-12-14-5-4-8-16(11-14)21-23-18(13-28-21)15-6-2-1-3-7-15/h1-8,11,13H,9-10,12H2,(H,22,27)(H,25,26). The molecule has 2 heterocycles. The first kappa shape index (κ1) is 18.1. The highest BCUT2D eigenvalue weighted by molar-refractivity contribution is 7.13. The van der Waals surface area contributed by atoms with Crippen LogP contribution in [0.15, 0.2) is 65.1 Å². The lowest BCUT2D eigenvalue weighted by molar-refractivity contribution is -0.121. The number of thiazole rings is 1. The number of carbonyl (C=O) groups is 2. The number of nitrogens with one attached hydrogen (secondary N) is 2. The summed E-state index contributed by atoms with van der Waals surface area (Å²) in [5, 5.41) is 9.66. The Morgan fingerprint density at radius 3 is 2.68 bits per heavy atom. The van der Waals surface area contributed by atoms with Crippen LogP contribution in [0, 0.1) is 0 Å². The molecule has 7 heteroatoms. The van der Waals surface area contributed by atoms with Gasteiger partial charge in [-0.2, -0.15) is 5.10 Å². The predicted molar refractivity (Wildman–Crippen MR) is 110 cm³/mol. The SMILES string of the molecule is O=C1CCC(C(=O)NCc2cccc(-c3nc(-c4ccccc4)cs3)c2)=NN1. The summed E-state index contributed by atoms with van der Waals surface area (Å²) < 4.78 is 0. The monoisotopic (exact) mass is 390 g/mol. The maximum atomic E-state index is 12.2. The summed E-state index contributed by atoms with van der Waals surface area (Å²) in [4.78, 5) is 28.0. The minimum atomic E-state index is -0.258. The third kappa shape index (κ3) is 4.15. The van der Waals surface area contributed by atoms with E-state index in [-0.39, 0.29) is 18.2 Å². The zero-order valence-electron chi connectivity index (χ0n) is 15.0. The fourth-order valence-corrected chi connectivity index (χ4v) is 3.71. The molecule has 2 aromatic carbocycles. The second-order valence-corrected chi connectivity index (χ2v) is 7.24. The van der Waals surface area contributed by atoms with Crippen molar-refractivity contribution in [2.24, 2.45) is 5.10 Å². The molecule has 0 aliphatic carbocycles. The second-order valence-electron chi connectivity index (χ2n) is 6.38. The molecule has 0 unspecified atom stereocenters. The molecule has 0 radical (unpaired) electrons. The molecule has 1 aliphatic heterocycles. The van der Waals surface area contributed by atoms with E-state index in [1.54, 1.807) is 11.3 Å². The van der Waals surface area contributed by atoms with Crippen LogP contribution in [0.25, 0.3) is 21.8 Å². The van der Waals surface area contributed by atoms with Crippen LogP contribution in [-0.2, 0) is 16.1 Å². The fourth-order valence-electron chi connectivity index (χ4n) is 2.88. The van der Waals surface area contributed by atoms with E-state index in [9.17, 15) is 9.59 Å². The normalized spacial score (nSPS) is 13.6. The van der Waals surface area contributed by atoms with Crippen molar-refractivity contribution < 1.29 is 9.59 Å². The molecule has 0 bridgehead atoms. The molecule has 0 saturated carbocycles. The van der Waals surface area contributed by atoms with Crippen LogP contribution in [-0.4, -0.2) is 22.5 Å². The molecule has 3 aromatic rings. The van der Waals surface area contributed by atoms with Crippen molar-refractivity contribution in [2.75, 3.05) is 0 Å². The van der Waals surface area contributed by atoms with Crippen LogP contribution >= 0.6 is 11.3 Å². The zero-order chi connectivity index (χ0) is 19.3. The minimum Gasteiger partial charge on any atom is -0.347 e. The van der Waals surface area contributed by atoms with E-state index in [0.29, 0.717) is 18.7 Å². The molecule has 140 valence electrons. The van der Waals surface area contributed by atoms with Crippen LogP contribution < -0.4 is 10.7 Å². The Balaban J connectivity index is 1.44. The van der Waals surface area contributed by atoms with Crippen molar-refractivity contribution in [3.05, 3.63) is 65.5 Å². The van der Waals surface area contributed by atoms with Gasteiger partial charge in [0, 0.05) is 35.9 Å². The summed E-state index contributed by atoms with van der Waals surface area (Å²) in [6.45, 7) is 0.385. The van der Waals surface area contributed by atoms with Crippen LogP contribution in [0.4, 0.5) is 0 Å². The summed E-state index contributed by atoms with van der Waals surface area (Å²) >= 11 is 1.60. The van der Waals surface area contributed by atoms with Gasteiger partial charge in [0.2, 0.25) is 5.91 Å². The first-order chi connectivity index (χ1) is 13.7. The first-order valence-electron chi connectivity index (χ1n) is 8.93. The van der Waals surface area contributed by atoms with Gasteiger partial charge in [0.05, 0.1) is 5.69 Å². The van der Waals surface area contributed by atoms with Crippen molar-refractivity contribution in [3.63, 3.8) is 0 Å². The molecule has 1 aromatic heterocycles. The van der Waals surface area contributed by atoms with E-state index < -0.39 is 0 Å². The van der Waals surface area contributed by atoms with E-state index in [1.807, 2.05) is 54.6 Å². The second kappa shape index (κ2) is 8.14. The maximum Gasteiger partial charge on any atom is 0.267 e. The van der Waals surface area contributed by atoms with Gasteiger partial charge in [-0.25, -0.2) is 10.4 Å². The minimum absolute atomic E-state index is 0.164. The number of aromatic nitrogens is 1. The highest BCUT2D eigenvalue weighted by Crippen LogP contribution is 2.29. The Morgan fingerprint density at radius 1 is 1.07 bits per heavy atom. The van der Waals surface area contributed by atoms with Crippen LogP contribution in [0.2, 0.25) is 0 Å². The van der Waals surface area contributed by atoms with Crippen LogP contribution in [0.5, 0.6) is 0 Å². The molecule has 0 spiro atoms. The Hall–Kier alpha value is -3.32. The summed E-state index contributed by atoms with van der Waals surface area (Å²) in [6, 6.07) is 18.0. The van der Waals surface area contributed by atoms with Crippen molar-refractivity contribution in [2.45, 2.75) is 19.4 Å². The van der Waals surface area contributed by atoms with Crippen LogP contribution in [0.3, 0.4) is 0 Å².